The second-order valence-electron chi connectivity index (χ2n) is 21.3. The van der Waals surface area contributed by atoms with E-state index in [1.807, 2.05) is 35.9 Å². The van der Waals surface area contributed by atoms with Gasteiger partial charge >= 0.3 is 0 Å². The number of fused-ring (bicyclic) bond motifs is 2. The van der Waals surface area contributed by atoms with Crippen LogP contribution >= 0.6 is 45.8 Å². The molecule has 14 nitrogen and oxygen atoms in total. The van der Waals surface area contributed by atoms with E-state index in [9.17, 15) is 19.3 Å². The molecule has 5 aromatic heterocycles. The molecule has 2 N–H and O–H groups in total. The fraction of sp³-hybridized carbons (Fsp3) is 0.393. The number of halogens is 5. The minimum Gasteiger partial charge on any atom is -0.383 e. The Morgan fingerprint density at radius 2 is 1.29 bits per heavy atom. The maximum Gasteiger partial charge on any atom is 0.213 e. The number of benzene rings is 2. The summed E-state index contributed by atoms with van der Waals surface area (Å²) in [4.78, 5) is 19.5. The van der Waals surface area contributed by atoms with Gasteiger partial charge in [-0.1, -0.05) is 93.1 Å². The van der Waals surface area contributed by atoms with Crippen LogP contribution in [0.25, 0.3) is 32.2 Å². The summed E-state index contributed by atoms with van der Waals surface area (Å²) in [5.74, 6) is 1.24. The average molecular weight is 1160 g/mol. The minimum atomic E-state index is -0.532. The van der Waals surface area contributed by atoms with Gasteiger partial charge in [0.05, 0.1) is 55.5 Å². The van der Waals surface area contributed by atoms with Crippen LogP contribution in [0.5, 0.6) is 0 Å². The average Bonchev–Trinajstić information content (AvgIpc) is 4.31. The predicted molar refractivity (Wildman–Crippen MR) is 301 cm³/mol. The van der Waals surface area contributed by atoms with Crippen molar-refractivity contribution in [1.82, 2.24) is 34.9 Å². The van der Waals surface area contributed by atoms with Crippen LogP contribution in [0.15, 0.2) is 66.0 Å². The summed E-state index contributed by atoms with van der Waals surface area (Å²) in [5, 5.41) is 41.3. The molecule has 2 aliphatic rings. The van der Waals surface area contributed by atoms with Crippen molar-refractivity contribution in [1.29, 1.82) is 10.5 Å². The molecule has 0 bridgehead atoms. The summed E-state index contributed by atoms with van der Waals surface area (Å²) < 4.78 is 30.3. The third-order valence-corrected chi connectivity index (χ3v) is 14.1. The number of azide groups is 1. The number of aryl methyl sites for hydroxylation is 2. The molecule has 7 aromatic rings. The molecule has 2 atom stereocenters. The topological polar surface area (TPSA) is 203 Å². The Balaban J connectivity index is 0.000000200. The third kappa shape index (κ3) is 14.4. The van der Waals surface area contributed by atoms with Crippen LogP contribution in [-0.2, 0) is 12.8 Å². The Bertz CT molecular complexity index is 3440. The van der Waals surface area contributed by atoms with Crippen LogP contribution in [0, 0.1) is 75.3 Å². The van der Waals surface area contributed by atoms with Crippen LogP contribution in [0.4, 0.5) is 20.2 Å². The van der Waals surface area contributed by atoms with Gasteiger partial charge in [0.15, 0.2) is 0 Å². The van der Waals surface area contributed by atoms with Gasteiger partial charge in [0, 0.05) is 64.5 Å². The normalized spacial score (nSPS) is 13.9. The minimum absolute atomic E-state index is 0.00595. The van der Waals surface area contributed by atoms with Crippen LogP contribution in [0.3, 0.4) is 0 Å². The highest BCUT2D eigenvalue weighted by molar-refractivity contribution is 14.1. The van der Waals surface area contributed by atoms with Gasteiger partial charge in [-0.3, -0.25) is 9.97 Å². The molecule has 2 aliphatic carbocycles. The second kappa shape index (κ2) is 23.9. The van der Waals surface area contributed by atoms with Crippen molar-refractivity contribution in [3.8, 4) is 24.5 Å². The van der Waals surface area contributed by atoms with Crippen molar-refractivity contribution in [2.24, 2.45) is 15.9 Å². The van der Waals surface area contributed by atoms with Crippen LogP contribution in [0.1, 0.15) is 136 Å². The SMILES string of the molecule is C#C[C@@H](Cc1cc(Cl)c2ncc(C#N)c(NCC(C)(C)C)c2c1)c1ccc(F)nc1C.Cc1nc(F)ccc1[C@H](Cc1cc(Cl)c2ncc(C#N)c(NCC(C)(C)C)c2c1)c1nnn(C2CC2)c1I.[N-]=[N+]=NC1CC1. The number of nitrogens with zero attached hydrogens (tertiary/aromatic N) is 12. The third-order valence-electron chi connectivity index (χ3n) is 12.5. The fourth-order valence-corrected chi connectivity index (χ4v) is 9.91. The molecule has 0 unspecified atom stereocenters. The fourth-order valence-electron chi connectivity index (χ4n) is 8.35. The first kappa shape index (κ1) is 56.1. The number of anilines is 2. The molecule has 386 valence electrons. The van der Waals surface area contributed by atoms with Crippen LogP contribution in [-0.4, -0.2) is 54.1 Å². The lowest BCUT2D eigenvalue weighted by Gasteiger charge is -2.22. The van der Waals surface area contributed by atoms with E-state index in [2.05, 4.69) is 133 Å². The van der Waals surface area contributed by atoms with E-state index in [-0.39, 0.29) is 22.7 Å². The molecule has 5 heterocycles. The van der Waals surface area contributed by atoms with E-state index in [1.165, 1.54) is 18.3 Å². The van der Waals surface area contributed by atoms with E-state index in [4.69, 9.17) is 35.2 Å². The Morgan fingerprint density at radius 3 is 1.71 bits per heavy atom. The van der Waals surface area contributed by atoms with Gasteiger partial charge in [0.2, 0.25) is 11.9 Å². The Kier molecular flexibility index (Phi) is 17.9. The molecule has 0 radical (unpaired) electrons. The van der Waals surface area contributed by atoms with Crippen LogP contribution in [0.2, 0.25) is 10.0 Å². The van der Waals surface area contributed by atoms with Gasteiger partial charge in [-0.2, -0.15) is 19.3 Å². The number of rotatable bonds is 13. The molecule has 2 aromatic carbocycles. The first-order valence-electron chi connectivity index (χ1n) is 24.5. The summed E-state index contributed by atoms with van der Waals surface area (Å²) in [6.45, 7) is 17.7. The Morgan fingerprint density at radius 1 is 0.800 bits per heavy atom. The number of nitrogens with one attached hydrogen (secondary N) is 2. The number of hydrogen-bond acceptors (Lipinski definition) is 11. The lowest BCUT2D eigenvalue weighted by molar-refractivity contribution is 0.443. The summed E-state index contributed by atoms with van der Waals surface area (Å²) >= 11 is 15.6. The van der Waals surface area contributed by atoms with E-state index >= 15 is 0 Å². The number of terminal acetylenes is 1. The summed E-state index contributed by atoms with van der Waals surface area (Å²) in [7, 11) is 0. The van der Waals surface area contributed by atoms with Crippen molar-refractivity contribution >= 4 is 79.0 Å². The van der Waals surface area contributed by atoms with Crippen molar-refractivity contribution in [3.05, 3.63) is 147 Å². The summed E-state index contributed by atoms with van der Waals surface area (Å²) in [6.07, 6.45) is 14.3. The largest absolute Gasteiger partial charge is 0.383 e. The molecule has 2 fully saturated rings. The van der Waals surface area contributed by atoms with E-state index in [0.29, 0.717) is 87.3 Å². The first-order chi connectivity index (χ1) is 35.6. The van der Waals surface area contributed by atoms with Gasteiger partial charge < -0.3 is 10.6 Å². The molecule has 2 saturated carbocycles. The smallest absolute Gasteiger partial charge is 0.213 e. The van der Waals surface area contributed by atoms with E-state index in [0.717, 1.165) is 73.8 Å². The zero-order chi connectivity index (χ0) is 54.4. The highest BCUT2D eigenvalue weighted by Gasteiger charge is 2.32. The van der Waals surface area contributed by atoms with Gasteiger partial charge in [-0.05, 0) is 150 Å². The number of pyridine rings is 4. The monoisotopic (exact) mass is 1160 g/mol. The summed E-state index contributed by atoms with van der Waals surface area (Å²) in [5.41, 5.74) is 16.9. The van der Waals surface area contributed by atoms with Gasteiger partial charge in [-0.15, -0.1) is 11.5 Å². The van der Waals surface area contributed by atoms with Gasteiger partial charge in [0.25, 0.3) is 0 Å². The molecule has 9 rings (SSSR count). The first-order valence-corrected chi connectivity index (χ1v) is 26.3. The maximum absolute atomic E-state index is 13.9. The molecular weight excluding hydrogens is 1100 g/mol. The van der Waals surface area contributed by atoms with Crippen molar-refractivity contribution in [3.63, 3.8) is 0 Å². The van der Waals surface area contributed by atoms with E-state index < -0.39 is 11.9 Å². The van der Waals surface area contributed by atoms with Gasteiger partial charge in [-0.25, -0.2) is 14.6 Å². The molecule has 19 heteroatoms. The van der Waals surface area contributed by atoms with Crippen molar-refractivity contribution in [2.75, 3.05) is 23.7 Å². The number of nitriles is 2. The molecule has 0 saturated heterocycles. The predicted octanol–water partition coefficient (Wildman–Crippen LogP) is 14.4. The van der Waals surface area contributed by atoms with Crippen LogP contribution < -0.4 is 10.6 Å². The zero-order valence-corrected chi connectivity index (χ0v) is 46.7. The molecule has 75 heavy (non-hydrogen) atoms. The Hall–Kier alpha value is -6.68. The molecule has 0 amide bonds. The molecule has 0 spiro atoms. The van der Waals surface area contributed by atoms with E-state index in [1.54, 1.807) is 25.3 Å². The molecular formula is C56H57Cl2F2IN14. The number of hydrogen-bond donors (Lipinski definition) is 2. The maximum atomic E-state index is 13.9. The second-order valence-corrected chi connectivity index (χ2v) is 23.1. The quantitative estimate of drug-likeness (QED) is 0.0279. The van der Waals surface area contributed by atoms with Crippen molar-refractivity contribution in [2.45, 2.75) is 118 Å². The van der Waals surface area contributed by atoms with Crippen molar-refractivity contribution < 1.29 is 8.78 Å². The lowest BCUT2D eigenvalue weighted by atomic mass is 9.88. The highest BCUT2D eigenvalue weighted by atomic mass is 127. The van der Waals surface area contributed by atoms with Gasteiger partial charge in [0.1, 0.15) is 21.5 Å². The molecule has 0 aliphatic heterocycles. The zero-order valence-electron chi connectivity index (χ0n) is 43.1. The Labute approximate surface area is 459 Å². The summed E-state index contributed by atoms with van der Waals surface area (Å²) in [6, 6.07) is 19.1. The highest BCUT2D eigenvalue weighted by Crippen LogP contribution is 2.41. The standard InChI is InChI=1S/C28H28ClFIN7.C25H24ClFN4.C3H5N3/c1-15-19(7-8-23(30)35-15)20(26-27(31)38(37-36-26)18-5-6-18)9-16-10-21-24(34-14-28(2,3)4)17(12-32)13-33-25(21)22(29)11-16;1-6-17(19-7-8-22(27)31-15(19)2)9-16-10-20-23(30-14-25(3,4)5)18(12-28)13-29-24(20)21(26)11-16;4-6-5-3-1-2-3/h7-8,10-11,13,18,20H,5-6,9,14H2,1-4H3,(H,33,34);1,7-8,10-11,13,17H,9,14H2,2-5H3,(H,29,30);3H,1-2H2/t20-;17-;/m00./s1. The number of aromatic nitrogens is 7. The lowest BCUT2D eigenvalue weighted by Crippen LogP contribution is -2.19.